The first-order valence-corrected chi connectivity index (χ1v) is 8.08. The van der Waals surface area contributed by atoms with Gasteiger partial charge < -0.3 is 10.1 Å². The number of carbonyl (C=O) groups excluding carboxylic acids is 1. The molecule has 0 saturated heterocycles. The molecule has 0 aliphatic heterocycles. The maximum absolute atomic E-state index is 13.8. The van der Waals surface area contributed by atoms with Gasteiger partial charge in [-0.1, -0.05) is 6.07 Å². The minimum atomic E-state index is -0.618. The van der Waals surface area contributed by atoms with E-state index in [2.05, 4.69) is 5.32 Å². The van der Waals surface area contributed by atoms with Crippen molar-refractivity contribution in [3.8, 4) is 5.75 Å². The van der Waals surface area contributed by atoms with Gasteiger partial charge in [0.1, 0.15) is 29.8 Å². The van der Waals surface area contributed by atoms with Gasteiger partial charge in [0, 0.05) is 17.4 Å². The van der Waals surface area contributed by atoms with E-state index in [0.29, 0.717) is 12.2 Å². The summed E-state index contributed by atoms with van der Waals surface area (Å²) in [6.07, 6.45) is 0.426. The van der Waals surface area contributed by atoms with Crippen LogP contribution in [0.2, 0.25) is 0 Å². The number of halogens is 3. The summed E-state index contributed by atoms with van der Waals surface area (Å²) in [6, 6.07) is 9.00. The van der Waals surface area contributed by atoms with Crippen molar-refractivity contribution in [2.45, 2.75) is 25.3 Å². The molecule has 0 aromatic heterocycles. The summed E-state index contributed by atoms with van der Waals surface area (Å²) in [5.41, 5.74) is -0.0159. The molecule has 3 nitrogen and oxygen atoms in total. The number of benzene rings is 2. The topological polar surface area (TPSA) is 38.3 Å². The Labute approximate surface area is 143 Å². The van der Waals surface area contributed by atoms with Gasteiger partial charge in [0.2, 0.25) is 5.91 Å². The summed E-state index contributed by atoms with van der Waals surface area (Å²) < 4.78 is 45.8. The third-order valence-corrected chi connectivity index (χ3v) is 4.20. The number of carbonyl (C=O) groups is 1. The fraction of sp³-hybridized carbons (Fsp3) is 0.316. The van der Waals surface area contributed by atoms with E-state index < -0.39 is 23.5 Å². The highest BCUT2D eigenvalue weighted by Crippen LogP contribution is 2.49. The van der Waals surface area contributed by atoms with Crippen molar-refractivity contribution >= 4 is 5.91 Å². The second kappa shape index (κ2) is 7.17. The van der Waals surface area contributed by atoms with Gasteiger partial charge in [-0.2, -0.15) is 0 Å². The Morgan fingerprint density at radius 2 is 1.80 bits per heavy atom. The van der Waals surface area contributed by atoms with Crippen LogP contribution in [0.15, 0.2) is 42.5 Å². The molecule has 3 atom stereocenters. The molecule has 0 spiro atoms. The molecular weight excluding hydrogens is 331 g/mol. The predicted octanol–water partition coefficient (Wildman–Crippen LogP) is 3.79. The maximum atomic E-state index is 13.8. The van der Waals surface area contributed by atoms with Crippen molar-refractivity contribution in [2.75, 3.05) is 6.61 Å². The van der Waals surface area contributed by atoms with Crippen LogP contribution in [0, 0.1) is 23.4 Å². The zero-order valence-electron chi connectivity index (χ0n) is 13.6. The van der Waals surface area contributed by atoms with Crippen molar-refractivity contribution in [1.82, 2.24) is 5.32 Å². The SMILES string of the molecule is CC(COc1ccc(F)cc1)NC(=O)C1CC1c1c(F)cccc1F. The Kier molecular flexibility index (Phi) is 4.97. The molecule has 3 unspecified atom stereocenters. The lowest BCUT2D eigenvalue weighted by Gasteiger charge is -2.15. The molecule has 1 saturated carbocycles. The van der Waals surface area contributed by atoms with Crippen molar-refractivity contribution in [3.63, 3.8) is 0 Å². The third-order valence-electron chi connectivity index (χ3n) is 4.20. The van der Waals surface area contributed by atoms with Gasteiger partial charge in [0.05, 0.1) is 6.04 Å². The smallest absolute Gasteiger partial charge is 0.224 e. The largest absolute Gasteiger partial charge is 0.491 e. The third kappa shape index (κ3) is 4.13. The maximum Gasteiger partial charge on any atom is 0.224 e. The fourth-order valence-corrected chi connectivity index (χ4v) is 2.81. The molecule has 2 aromatic carbocycles. The van der Waals surface area contributed by atoms with Gasteiger partial charge in [-0.3, -0.25) is 4.79 Å². The Morgan fingerprint density at radius 3 is 2.44 bits per heavy atom. The first kappa shape index (κ1) is 17.3. The molecule has 25 heavy (non-hydrogen) atoms. The molecule has 0 heterocycles. The van der Waals surface area contributed by atoms with Crippen LogP contribution in [-0.4, -0.2) is 18.6 Å². The summed E-state index contributed by atoms with van der Waals surface area (Å²) in [4.78, 5) is 12.2. The van der Waals surface area contributed by atoms with E-state index >= 15 is 0 Å². The van der Waals surface area contributed by atoms with Crippen molar-refractivity contribution in [3.05, 3.63) is 65.5 Å². The van der Waals surface area contributed by atoms with Gasteiger partial charge >= 0.3 is 0 Å². The first-order valence-electron chi connectivity index (χ1n) is 8.08. The fourth-order valence-electron chi connectivity index (χ4n) is 2.81. The quantitative estimate of drug-likeness (QED) is 0.862. The molecule has 1 amide bonds. The van der Waals surface area contributed by atoms with Crippen molar-refractivity contribution in [2.24, 2.45) is 5.92 Å². The van der Waals surface area contributed by atoms with Gasteiger partial charge in [-0.05, 0) is 49.7 Å². The molecular formula is C19H18F3NO2. The minimum absolute atomic E-state index is 0.0159. The highest BCUT2D eigenvalue weighted by Gasteiger charge is 2.46. The summed E-state index contributed by atoms with van der Waals surface area (Å²) >= 11 is 0. The normalized spacial score (nSPS) is 20.0. The van der Waals surface area contributed by atoms with Gasteiger partial charge in [0.25, 0.3) is 0 Å². The molecule has 1 N–H and O–H groups in total. The first-order chi connectivity index (χ1) is 12.0. The van der Waals surface area contributed by atoms with Crippen LogP contribution in [-0.2, 0) is 4.79 Å². The second-order valence-corrected chi connectivity index (χ2v) is 6.26. The molecule has 1 aliphatic rings. The summed E-state index contributed by atoms with van der Waals surface area (Å²) in [5.74, 6) is -2.19. The molecule has 3 rings (SSSR count). The highest BCUT2D eigenvalue weighted by atomic mass is 19.1. The Balaban J connectivity index is 1.50. The van der Waals surface area contributed by atoms with Gasteiger partial charge in [-0.15, -0.1) is 0 Å². The van der Waals surface area contributed by atoms with Crippen molar-refractivity contribution in [1.29, 1.82) is 0 Å². The van der Waals surface area contributed by atoms with Crippen LogP contribution in [0.1, 0.15) is 24.8 Å². The van der Waals surface area contributed by atoms with E-state index in [4.69, 9.17) is 4.74 Å². The monoisotopic (exact) mass is 349 g/mol. The number of nitrogens with one attached hydrogen (secondary N) is 1. The Hall–Kier alpha value is -2.50. The molecule has 1 aliphatic carbocycles. The summed E-state index contributed by atoms with van der Waals surface area (Å²) in [6.45, 7) is 1.98. The lowest BCUT2D eigenvalue weighted by Crippen LogP contribution is -2.38. The zero-order chi connectivity index (χ0) is 18.0. The minimum Gasteiger partial charge on any atom is -0.491 e. The van der Waals surface area contributed by atoms with Crippen LogP contribution < -0.4 is 10.1 Å². The zero-order valence-corrected chi connectivity index (χ0v) is 13.6. The molecule has 2 aromatic rings. The van der Waals surface area contributed by atoms with Crippen LogP contribution in [0.4, 0.5) is 13.2 Å². The summed E-state index contributed by atoms with van der Waals surface area (Å²) in [7, 11) is 0. The summed E-state index contributed by atoms with van der Waals surface area (Å²) in [5, 5.41) is 2.78. The average molecular weight is 349 g/mol. The number of hydrogen-bond donors (Lipinski definition) is 1. The van der Waals surface area contributed by atoms with Crippen LogP contribution >= 0.6 is 0 Å². The van der Waals surface area contributed by atoms with E-state index in [-0.39, 0.29) is 29.9 Å². The molecule has 0 radical (unpaired) electrons. The van der Waals surface area contributed by atoms with E-state index in [1.807, 2.05) is 0 Å². The Morgan fingerprint density at radius 1 is 1.16 bits per heavy atom. The Bertz CT molecular complexity index is 744. The van der Waals surface area contributed by atoms with E-state index in [1.165, 1.54) is 42.5 Å². The van der Waals surface area contributed by atoms with E-state index in [9.17, 15) is 18.0 Å². The average Bonchev–Trinajstić information content (AvgIpc) is 3.34. The number of amides is 1. The van der Waals surface area contributed by atoms with Gasteiger partial charge in [0.15, 0.2) is 0 Å². The lowest BCUT2D eigenvalue weighted by molar-refractivity contribution is -0.123. The predicted molar refractivity (Wildman–Crippen MR) is 86.7 cm³/mol. The molecule has 132 valence electrons. The van der Waals surface area contributed by atoms with Gasteiger partial charge in [-0.25, -0.2) is 13.2 Å². The second-order valence-electron chi connectivity index (χ2n) is 6.26. The van der Waals surface area contributed by atoms with Crippen LogP contribution in [0.5, 0.6) is 5.75 Å². The number of rotatable bonds is 6. The molecule has 6 heteroatoms. The standard InChI is InChI=1S/C19H18F3NO2/c1-11(10-25-13-7-5-12(20)6-8-13)23-19(24)15-9-14(15)18-16(21)3-2-4-17(18)22/h2-8,11,14-15H,9-10H2,1H3,(H,23,24). The molecule has 1 fully saturated rings. The van der Waals surface area contributed by atoms with E-state index in [0.717, 1.165) is 0 Å². The molecule has 0 bridgehead atoms. The lowest BCUT2D eigenvalue weighted by atomic mass is 10.1. The van der Waals surface area contributed by atoms with E-state index in [1.54, 1.807) is 6.92 Å². The number of hydrogen-bond acceptors (Lipinski definition) is 2. The van der Waals surface area contributed by atoms with Crippen LogP contribution in [0.3, 0.4) is 0 Å². The highest BCUT2D eigenvalue weighted by molar-refractivity contribution is 5.83. The van der Waals surface area contributed by atoms with Crippen molar-refractivity contribution < 1.29 is 22.7 Å². The number of ether oxygens (including phenoxy) is 1. The van der Waals surface area contributed by atoms with Crippen LogP contribution in [0.25, 0.3) is 0 Å².